The molecule has 1 aliphatic rings. The van der Waals surface area contributed by atoms with Gasteiger partial charge in [0.1, 0.15) is 6.61 Å². The fraction of sp³-hybridized carbons (Fsp3) is 0.0968. The molecule has 1 unspecified atom stereocenters. The van der Waals surface area contributed by atoms with Gasteiger partial charge in [0.25, 0.3) is 5.91 Å². The fourth-order valence-electron chi connectivity index (χ4n) is 4.59. The quantitative estimate of drug-likeness (QED) is 0.307. The summed E-state index contributed by atoms with van der Waals surface area (Å²) in [4.78, 5) is 27.2. The van der Waals surface area contributed by atoms with Crippen molar-refractivity contribution in [1.29, 1.82) is 0 Å². The lowest BCUT2D eigenvalue weighted by atomic mass is 9.85. The van der Waals surface area contributed by atoms with E-state index in [9.17, 15) is 9.59 Å². The number of carbonyl (C=O) groups is 2. The standard InChI is InChI=1S/C31H25NO3/c33-29(20-19-23-11-10-18-27(21-23)24-12-4-1-5-13-24)32-28(22-35-31(32)34)30(25-14-6-2-7-15-25)26-16-8-3-9-17-26/h1-21,28,30H,22H2/b20-19+. The van der Waals surface area contributed by atoms with Gasteiger partial charge in [-0.2, -0.15) is 0 Å². The van der Waals surface area contributed by atoms with Crippen LogP contribution in [0.1, 0.15) is 22.6 Å². The van der Waals surface area contributed by atoms with Crippen LogP contribution >= 0.6 is 0 Å². The van der Waals surface area contributed by atoms with Gasteiger partial charge in [0.15, 0.2) is 0 Å². The lowest BCUT2D eigenvalue weighted by Gasteiger charge is -2.28. The maximum atomic E-state index is 13.3. The second-order valence-corrected chi connectivity index (χ2v) is 8.48. The number of hydrogen-bond acceptors (Lipinski definition) is 3. The van der Waals surface area contributed by atoms with E-state index in [4.69, 9.17) is 4.74 Å². The van der Waals surface area contributed by atoms with Gasteiger partial charge < -0.3 is 4.74 Å². The van der Waals surface area contributed by atoms with Crippen LogP contribution in [0.4, 0.5) is 4.79 Å². The summed E-state index contributed by atoms with van der Waals surface area (Å²) in [5.41, 5.74) is 5.10. The second kappa shape index (κ2) is 10.2. The lowest BCUT2D eigenvalue weighted by Crippen LogP contribution is -2.41. The SMILES string of the molecule is O=C(/C=C/c1cccc(-c2ccccc2)c1)N1C(=O)OCC1C(c1ccccc1)c1ccccc1. The van der Waals surface area contributed by atoms with E-state index in [2.05, 4.69) is 0 Å². The third-order valence-electron chi connectivity index (χ3n) is 6.26. The molecule has 0 spiro atoms. The molecule has 4 aromatic carbocycles. The van der Waals surface area contributed by atoms with Crippen LogP contribution in [0.5, 0.6) is 0 Å². The molecule has 0 aliphatic carbocycles. The van der Waals surface area contributed by atoms with E-state index in [-0.39, 0.29) is 18.4 Å². The van der Waals surface area contributed by atoms with Crippen molar-refractivity contribution in [1.82, 2.24) is 4.90 Å². The van der Waals surface area contributed by atoms with Crippen molar-refractivity contribution in [3.8, 4) is 11.1 Å². The van der Waals surface area contributed by atoms with Crippen LogP contribution in [0.2, 0.25) is 0 Å². The van der Waals surface area contributed by atoms with Crippen molar-refractivity contribution in [3.63, 3.8) is 0 Å². The Morgan fingerprint density at radius 3 is 1.97 bits per heavy atom. The van der Waals surface area contributed by atoms with E-state index >= 15 is 0 Å². The van der Waals surface area contributed by atoms with E-state index in [1.54, 1.807) is 6.08 Å². The van der Waals surface area contributed by atoms with Crippen molar-refractivity contribution >= 4 is 18.1 Å². The maximum Gasteiger partial charge on any atom is 0.417 e. The lowest BCUT2D eigenvalue weighted by molar-refractivity contribution is -0.124. The first kappa shape index (κ1) is 22.4. The third kappa shape index (κ3) is 4.92. The highest BCUT2D eigenvalue weighted by Gasteiger charge is 2.42. The number of ether oxygens (including phenoxy) is 1. The van der Waals surface area contributed by atoms with Gasteiger partial charge in [0.2, 0.25) is 0 Å². The van der Waals surface area contributed by atoms with E-state index in [0.717, 1.165) is 27.8 Å². The first-order valence-electron chi connectivity index (χ1n) is 11.6. The summed E-state index contributed by atoms with van der Waals surface area (Å²) in [5.74, 6) is -0.581. The minimum absolute atomic E-state index is 0.149. The Kier molecular flexibility index (Phi) is 6.53. The highest BCUT2D eigenvalue weighted by Crippen LogP contribution is 2.34. The number of nitrogens with zero attached hydrogens (tertiary/aromatic N) is 1. The van der Waals surface area contributed by atoms with Gasteiger partial charge in [0, 0.05) is 12.0 Å². The van der Waals surface area contributed by atoms with Gasteiger partial charge in [-0.05, 0) is 40.0 Å². The summed E-state index contributed by atoms with van der Waals surface area (Å²) in [6.07, 6.45) is 2.59. The molecule has 0 aromatic heterocycles. The average molecular weight is 460 g/mol. The molecule has 0 saturated carbocycles. The van der Waals surface area contributed by atoms with Crippen molar-refractivity contribution in [2.75, 3.05) is 6.61 Å². The molecular weight excluding hydrogens is 434 g/mol. The largest absolute Gasteiger partial charge is 0.447 e. The summed E-state index contributed by atoms with van der Waals surface area (Å²) in [7, 11) is 0. The minimum Gasteiger partial charge on any atom is -0.447 e. The van der Waals surface area contributed by atoms with E-state index in [1.165, 1.54) is 11.0 Å². The zero-order valence-electron chi connectivity index (χ0n) is 19.2. The van der Waals surface area contributed by atoms with Crippen LogP contribution in [0, 0.1) is 0 Å². The summed E-state index contributed by atoms with van der Waals surface area (Å²) in [5, 5.41) is 0. The summed E-state index contributed by atoms with van der Waals surface area (Å²) in [6.45, 7) is 0.149. The fourth-order valence-corrected chi connectivity index (χ4v) is 4.59. The number of imide groups is 1. The van der Waals surface area contributed by atoms with E-state index in [0.29, 0.717) is 0 Å². The average Bonchev–Trinajstić information content (AvgIpc) is 3.30. The molecule has 1 heterocycles. The molecule has 4 aromatic rings. The zero-order valence-corrected chi connectivity index (χ0v) is 19.2. The van der Waals surface area contributed by atoms with Gasteiger partial charge in [0.05, 0.1) is 6.04 Å². The molecule has 1 aliphatic heterocycles. The number of benzene rings is 4. The van der Waals surface area contributed by atoms with Crippen LogP contribution in [-0.2, 0) is 9.53 Å². The van der Waals surface area contributed by atoms with Gasteiger partial charge in [-0.15, -0.1) is 0 Å². The van der Waals surface area contributed by atoms with Crippen molar-refractivity contribution in [2.24, 2.45) is 0 Å². The number of hydrogen-bond donors (Lipinski definition) is 0. The molecule has 172 valence electrons. The molecule has 0 bridgehead atoms. The molecule has 1 fully saturated rings. The second-order valence-electron chi connectivity index (χ2n) is 8.48. The molecule has 0 radical (unpaired) electrons. The Hall–Kier alpha value is -4.44. The van der Waals surface area contributed by atoms with Crippen molar-refractivity contribution in [3.05, 3.63) is 138 Å². The van der Waals surface area contributed by atoms with Crippen molar-refractivity contribution < 1.29 is 14.3 Å². The highest BCUT2D eigenvalue weighted by atomic mass is 16.6. The van der Waals surface area contributed by atoms with Crippen LogP contribution in [0.3, 0.4) is 0 Å². The van der Waals surface area contributed by atoms with Crippen LogP contribution in [-0.4, -0.2) is 29.5 Å². The predicted octanol–water partition coefficient (Wildman–Crippen LogP) is 6.55. The molecular formula is C31H25NO3. The molecule has 2 amide bonds. The molecule has 0 N–H and O–H groups in total. The van der Waals surface area contributed by atoms with Gasteiger partial charge in [-0.25, -0.2) is 9.69 Å². The number of carbonyl (C=O) groups excluding carboxylic acids is 2. The first-order valence-corrected chi connectivity index (χ1v) is 11.6. The Morgan fingerprint density at radius 1 is 0.771 bits per heavy atom. The van der Waals surface area contributed by atoms with Crippen LogP contribution in [0.15, 0.2) is 121 Å². The monoisotopic (exact) mass is 459 g/mol. The summed E-state index contributed by atoms with van der Waals surface area (Å²) < 4.78 is 5.38. The third-order valence-corrected chi connectivity index (χ3v) is 6.26. The Labute approximate surface area is 205 Å². The minimum atomic E-state index is -0.612. The van der Waals surface area contributed by atoms with E-state index < -0.39 is 12.1 Å². The normalized spacial score (nSPS) is 15.5. The zero-order chi connectivity index (χ0) is 24.0. The molecule has 5 rings (SSSR count). The molecule has 35 heavy (non-hydrogen) atoms. The molecule has 4 nitrogen and oxygen atoms in total. The van der Waals surface area contributed by atoms with E-state index in [1.807, 2.05) is 115 Å². The molecule has 4 heteroatoms. The van der Waals surface area contributed by atoms with Gasteiger partial charge >= 0.3 is 6.09 Å². The smallest absolute Gasteiger partial charge is 0.417 e. The highest BCUT2D eigenvalue weighted by molar-refractivity contribution is 6.02. The van der Waals surface area contributed by atoms with Gasteiger partial charge in [-0.1, -0.05) is 109 Å². The topological polar surface area (TPSA) is 46.6 Å². The molecule has 1 atom stereocenters. The van der Waals surface area contributed by atoms with Crippen LogP contribution < -0.4 is 0 Å². The number of amides is 2. The van der Waals surface area contributed by atoms with Gasteiger partial charge in [-0.3, -0.25) is 4.79 Å². The predicted molar refractivity (Wildman–Crippen MR) is 138 cm³/mol. The Morgan fingerprint density at radius 2 is 1.34 bits per heavy atom. The van der Waals surface area contributed by atoms with Crippen molar-refractivity contribution in [2.45, 2.75) is 12.0 Å². The summed E-state index contributed by atoms with van der Waals surface area (Å²) >= 11 is 0. The Bertz CT molecular complexity index is 1290. The number of cyclic esters (lactones) is 1. The maximum absolute atomic E-state index is 13.3. The molecule has 1 saturated heterocycles. The number of rotatable bonds is 6. The van der Waals surface area contributed by atoms with Crippen LogP contribution in [0.25, 0.3) is 17.2 Å². The Balaban J connectivity index is 1.43. The summed E-state index contributed by atoms with van der Waals surface area (Å²) in [6, 6.07) is 37.4. The first-order chi connectivity index (χ1) is 17.2.